The van der Waals surface area contributed by atoms with Gasteiger partial charge in [-0.3, -0.25) is 0 Å². The summed E-state index contributed by atoms with van der Waals surface area (Å²) in [5.41, 5.74) is 8.03. The third kappa shape index (κ3) is 18.6. The highest BCUT2D eigenvalue weighted by molar-refractivity contribution is 5.67. The molecule has 0 rings (SSSR count). The highest BCUT2D eigenvalue weighted by Gasteiger charge is 1.97. The van der Waals surface area contributed by atoms with Gasteiger partial charge in [-0.25, -0.2) is 4.79 Å². The van der Waals surface area contributed by atoms with Crippen molar-refractivity contribution in [3.63, 3.8) is 0 Å². The molecule has 0 aromatic heterocycles. The fourth-order valence-electron chi connectivity index (χ4n) is 2.57. The Hall–Kier alpha value is -1.48. The van der Waals surface area contributed by atoms with Crippen LogP contribution in [0.15, 0.2) is 17.3 Å². The number of carbonyl (C=O) groups is 1. The van der Waals surface area contributed by atoms with Gasteiger partial charge in [0.1, 0.15) is 0 Å². The molecule has 0 aliphatic carbocycles. The summed E-state index contributed by atoms with van der Waals surface area (Å²) in [6.45, 7) is 2.60. The fourth-order valence-corrected chi connectivity index (χ4v) is 2.57. The van der Waals surface area contributed by atoms with Crippen LogP contribution in [0.2, 0.25) is 0 Å². The van der Waals surface area contributed by atoms with Crippen molar-refractivity contribution < 1.29 is 9.53 Å². The molecule has 0 aromatic carbocycles. The lowest BCUT2D eigenvalue weighted by atomic mass is 10.1. The molecule has 0 bridgehead atoms. The van der Waals surface area contributed by atoms with Crippen molar-refractivity contribution in [1.29, 1.82) is 0 Å². The van der Waals surface area contributed by atoms with Crippen molar-refractivity contribution in [2.45, 2.75) is 96.8 Å². The summed E-state index contributed by atoms with van der Waals surface area (Å²) in [5, 5.41) is 2.85. The number of nitrogens with zero attached hydrogens (tertiary/aromatic N) is 3. The van der Waals surface area contributed by atoms with Crippen molar-refractivity contribution in [3.05, 3.63) is 22.6 Å². The van der Waals surface area contributed by atoms with Crippen LogP contribution in [0.1, 0.15) is 96.8 Å². The lowest BCUT2D eigenvalue weighted by Crippen LogP contribution is -1.99. The molecule has 5 nitrogen and oxygen atoms in total. The Morgan fingerprint density at radius 2 is 1.38 bits per heavy atom. The molecule has 0 fully saturated rings. The molecule has 24 heavy (non-hydrogen) atoms. The Morgan fingerprint density at radius 1 is 0.875 bits per heavy atom. The van der Waals surface area contributed by atoms with E-state index in [4.69, 9.17) is 10.3 Å². The van der Waals surface area contributed by atoms with Crippen molar-refractivity contribution in [1.82, 2.24) is 0 Å². The van der Waals surface area contributed by atoms with E-state index in [9.17, 15) is 4.79 Å². The molecular formula is C19H35N3O2. The molecule has 0 saturated heterocycles. The first-order valence-electron chi connectivity index (χ1n) is 9.68. The van der Waals surface area contributed by atoms with Crippen LogP contribution < -0.4 is 0 Å². The summed E-state index contributed by atoms with van der Waals surface area (Å²) in [6, 6.07) is 0. The Bertz CT molecular complexity index is 364. The molecule has 0 saturated carbocycles. The number of hydrogen-bond acceptors (Lipinski definition) is 2. The van der Waals surface area contributed by atoms with Gasteiger partial charge in [-0.2, -0.15) is 0 Å². The number of ether oxygens (including phenoxy) is 1. The molecule has 0 aliphatic heterocycles. The van der Waals surface area contributed by atoms with E-state index in [1.165, 1.54) is 77.0 Å². The van der Waals surface area contributed by atoms with Crippen LogP contribution in [-0.2, 0) is 4.74 Å². The van der Waals surface area contributed by atoms with Crippen molar-refractivity contribution >= 4 is 6.09 Å². The molecule has 5 heteroatoms. The van der Waals surface area contributed by atoms with Gasteiger partial charge in [0, 0.05) is 10.0 Å². The molecule has 1 amide bonds. The SMILES string of the molecule is CCCCCCCCC=CCCCCCCCCOC(=O)N=[N+]=[N-]. The summed E-state index contributed by atoms with van der Waals surface area (Å²) in [6.07, 6.45) is 21.3. The molecule has 0 aliphatic rings. The van der Waals surface area contributed by atoms with Gasteiger partial charge in [0.05, 0.1) is 6.61 Å². The van der Waals surface area contributed by atoms with Gasteiger partial charge in [-0.15, -0.1) is 0 Å². The second kappa shape index (κ2) is 19.6. The van der Waals surface area contributed by atoms with Gasteiger partial charge in [0.25, 0.3) is 0 Å². The second-order valence-corrected chi connectivity index (χ2v) is 6.24. The molecule has 0 atom stereocenters. The number of azide groups is 1. The van der Waals surface area contributed by atoms with E-state index in [1.807, 2.05) is 0 Å². The zero-order valence-corrected chi connectivity index (χ0v) is 15.4. The average molecular weight is 338 g/mol. The van der Waals surface area contributed by atoms with E-state index in [-0.39, 0.29) is 0 Å². The molecule has 0 N–H and O–H groups in total. The Labute approximate surface area is 147 Å². The Morgan fingerprint density at radius 3 is 1.92 bits per heavy atom. The third-order valence-corrected chi connectivity index (χ3v) is 4.01. The minimum atomic E-state index is -0.828. The number of carbonyl (C=O) groups excluding carboxylic acids is 1. The van der Waals surface area contributed by atoms with Crippen LogP contribution in [-0.4, -0.2) is 12.7 Å². The van der Waals surface area contributed by atoms with E-state index < -0.39 is 6.09 Å². The van der Waals surface area contributed by atoms with E-state index in [0.717, 1.165) is 12.8 Å². The van der Waals surface area contributed by atoms with Gasteiger partial charge in [0.15, 0.2) is 0 Å². The first-order valence-corrected chi connectivity index (χ1v) is 9.68. The molecule has 0 spiro atoms. The van der Waals surface area contributed by atoms with E-state index >= 15 is 0 Å². The highest BCUT2D eigenvalue weighted by atomic mass is 16.5. The molecule has 0 radical (unpaired) electrons. The highest BCUT2D eigenvalue weighted by Crippen LogP contribution is 2.10. The summed E-state index contributed by atoms with van der Waals surface area (Å²) < 4.78 is 4.73. The lowest BCUT2D eigenvalue weighted by Gasteiger charge is -2.02. The van der Waals surface area contributed by atoms with Gasteiger partial charge >= 0.3 is 6.09 Å². The first-order chi connectivity index (χ1) is 11.8. The van der Waals surface area contributed by atoms with Crippen LogP contribution in [0.5, 0.6) is 0 Å². The average Bonchev–Trinajstić information content (AvgIpc) is 2.58. The van der Waals surface area contributed by atoms with Crippen LogP contribution in [0.4, 0.5) is 4.79 Å². The molecule has 0 heterocycles. The number of hydrogen-bond donors (Lipinski definition) is 0. The van der Waals surface area contributed by atoms with Crippen LogP contribution in [0.25, 0.3) is 10.4 Å². The number of unbranched alkanes of at least 4 members (excludes halogenated alkanes) is 12. The predicted molar refractivity (Wildman–Crippen MR) is 99.9 cm³/mol. The maximum absolute atomic E-state index is 10.8. The standard InChI is InChI=1S/C19H35N3O2/c1-2-3-4-5-6-7-8-9-10-11-12-13-14-15-16-17-18-24-19(23)21-22-20/h9-10H,2-8,11-18H2,1H3. The number of allylic oxidation sites excluding steroid dienone is 2. The maximum Gasteiger partial charge on any atom is 0.396 e. The summed E-state index contributed by atoms with van der Waals surface area (Å²) in [5.74, 6) is 0. The minimum Gasteiger partial charge on any atom is -0.461 e. The van der Waals surface area contributed by atoms with Crippen LogP contribution in [0, 0.1) is 0 Å². The van der Waals surface area contributed by atoms with Crippen LogP contribution in [0.3, 0.4) is 0 Å². The van der Waals surface area contributed by atoms with Crippen molar-refractivity contribution in [3.8, 4) is 0 Å². The quantitative estimate of drug-likeness (QED) is 0.0962. The minimum absolute atomic E-state index is 0.346. The smallest absolute Gasteiger partial charge is 0.396 e. The first kappa shape index (κ1) is 22.5. The van der Waals surface area contributed by atoms with Gasteiger partial charge in [0.2, 0.25) is 0 Å². The maximum atomic E-state index is 10.8. The van der Waals surface area contributed by atoms with Gasteiger partial charge in [-0.05, 0) is 37.6 Å². The van der Waals surface area contributed by atoms with Crippen LogP contribution >= 0.6 is 0 Å². The summed E-state index contributed by atoms with van der Waals surface area (Å²) in [4.78, 5) is 13.1. The summed E-state index contributed by atoms with van der Waals surface area (Å²) >= 11 is 0. The topological polar surface area (TPSA) is 75.1 Å². The molecule has 0 aromatic rings. The molecular weight excluding hydrogens is 302 g/mol. The zero-order chi connectivity index (χ0) is 17.7. The molecule has 138 valence electrons. The van der Waals surface area contributed by atoms with E-state index in [0.29, 0.717) is 6.61 Å². The summed E-state index contributed by atoms with van der Waals surface area (Å²) in [7, 11) is 0. The van der Waals surface area contributed by atoms with Gasteiger partial charge < -0.3 is 4.74 Å². The largest absolute Gasteiger partial charge is 0.461 e. The van der Waals surface area contributed by atoms with E-state index in [1.54, 1.807) is 0 Å². The normalized spacial score (nSPS) is 10.7. The molecule has 0 unspecified atom stereocenters. The van der Waals surface area contributed by atoms with Gasteiger partial charge in [-0.1, -0.05) is 76.9 Å². The second-order valence-electron chi connectivity index (χ2n) is 6.24. The Kier molecular flexibility index (Phi) is 18.4. The van der Waals surface area contributed by atoms with Crippen molar-refractivity contribution in [2.75, 3.05) is 6.61 Å². The predicted octanol–water partition coefficient (Wildman–Crippen LogP) is 7.47. The van der Waals surface area contributed by atoms with E-state index in [2.05, 4.69) is 29.1 Å². The lowest BCUT2D eigenvalue weighted by molar-refractivity contribution is 0.154. The van der Waals surface area contributed by atoms with Crippen molar-refractivity contribution in [2.24, 2.45) is 5.11 Å². The number of amides is 1. The monoisotopic (exact) mass is 337 g/mol. The fraction of sp³-hybridized carbons (Fsp3) is 0.842. The Balaban J connectivity index is 3.15. The zero-order valence-electron chi connectivity index (χ0n) is 15.4. The number of rotatable bonds is 16. The third-order valence-electron chi connectivity index (χ3n) is 4.01.